The Morgan fingerprint density at radius 1 is 1.11 bits per heavy atom. The van der Waals surface area contributed by atoms with Gasteiger partial charge >= 0.3 is 0 Å². The van der Waals surface area contributed by atoms with Crippen LogP contribution in [0.25, 0.3) is 10.9 Å². The van der Waals surface area contributed by atoms with Gasteiger partial charge in [-0.2, -0.15) is 0 Å². The molecule has 96 valence electrons. The van der Waals surface area contributed by atoms with Gasteiger partial charge in [0.25, 0.3) is 0 Å². The number of unbranched alkanes of at least 4 members (excludes halogenated alkanes) is 3. The van der Waals surface area contributed by atoms with Gasteiger partial charge in [-0.3, -0.25) is 0 Å². The van der Waals surface area contributed by atoms with Crippen LogP contribution in [-0.4, -0.2) is 11.5 Å². The minimum absolute atomic E-state index is 1.02. The normalized spacial score (nSPS) is 10.8. The maximum atomic E-state index is 4.68. The zero-order valence-corrected chi connectivity index (χ0v) is 11.4. The van der Waals surface area contributed by atoms with Crippen molar-refractivity contribution in [3.63, 3.8) is 0 Å². The van der Waals surface area contributed by atoms with Gasteiger partial charge in [-0.1, -0.05) is 44.4 Å². The molecule has 0 saturated carbocycles. The average Bonchev–Trinajstić information content (AvgIpc) is 2.39. The molecular formula is C16H22N2. The van der Waals surface area contributed by atoms with E-state index in [2.05, 4.69) is 48.4 Å². The summed E-state index contributed by atoms with van der Waals surface area (Å²) < 4.78 is 0. The summed E-state index contributed by atoms with van der Waals surface area (Å²) in [7, 11) is 0. The molecule has 0 unspecified atom stereocenters. The van der Waals surface area contributed by atoms with Crippen LogP contribution in [0.4, 0.5) is 5.82 Å². The Balaban J connectivity index is 2.01. The SMILES string of the molecule is CCCCCCNc1nc2ccccc2cc1C. The van der Waals surface area contributed by atoms with Crippen LogP contribution in [0.3, 0.4) is 0 Å². The van der Waals surface area contributed by atoms with Gasteiger partial charge in [-0.05, 0) is 31.0 Å². The predicted molar refractivity (Wildman–Crippen MR) is 79.1 cm³/mol. The van der Waals surface area contributed by atoms with E-state index in [1.807, 2.05) is 6.07 Å². The molecule has 2 nitrogen and oxygen atoms in total. The third-order valence-electron chi connectivity index (χ3n) is 3.24. The number of fused-ring (bicyclic) bond motifs is 1. The number of rotatable bonds is 6. The van der Waals surface area contributed by atoms with Gasteiger partial charge in [0.1, 0.15) is 5.82 Å². The number of anilines is 1. The van der Waals surface area contributed by atoms with Crippen LogP contribution >= 0.6 is 0 Å². The second-order valence-electron chi connectivity index (χ2n) is 4.83. The Morgan fingerprint density at radius 2 is 1.94 bits per heavy atom. The molecule has 0 saturated heterocycles. The highest BCUT2D eigenvalue weighted by Crippen LogP contribution is 2.19. The highest BCUT2D eigenvalue weighted by Gasteiger charge is 2.02. The molecule has 1 heterocycles. The first-order valence-electron chi connectivity index (χ1n) is 6.91. The lowest BCUT2D eigenvalue weighted by molar-refractivity contribution is 0.684. The summed E-state index contributed by atoms with van der Waals surface area (Å²) >= 11 is 0. The fourth-order valence-electron chi connectivity index (χ4n) is 2.16. The first-order chi connectivity index (χ1) is 8.81. The molecule has 0 fully saturated rings. The second kappa shape index (κ2) is 6.39. The third-order valence-corrected chi connectivity index (χ3v) is 3.24. The third kappa shape index (κ3) is 3.22. The number of nitrogens with zero attached hydrogens (tertiary/aromatic N) is 1. The lowest BCUT2D eigenvalue weighted by atomic mass is 10.1. The predicted octanol–water partition coefficient (Wildman–Crippen LogP) is 4.54. The monoisotopic (exact) mass is 242 g/mol. The van der Waals surface area contributed by atoms with E-state index < -0.39 is 0 Å². The van der Waals surface area contributed by atoms with E-state index in [0.29, 0.717) is 0 Å². The summed E-state index contributed by atoms with van der Waals surface area (Å²) in [5.74, 6) is 1.03. The summed E-state index contributed by atoms with van der Waals surface area (Å²) in [4.78, 5) is 4.68. The van der Waals surface area contributed by atoms with Gasteiger partial charge in [0.2, 0.25) is 0 Å². The van der Waals surface area contributed by atoms with Crippen LogP contribution in [0.15, 0.2) is 30.3 Å². The largest absolute Gasteiger partial charge is 0.370 e. The van der Waals surface area contributed by atoms with Crippen molar-refractivity contribution in [2.24, 2.45) is 0 Å². The molecule has 0 spiro atoms. The minimum Gasteiger partial charge on any atom is -0.370 e. The van der Waals surface area contributed by atoms with E-state index in [1.54, 1.807) is 0 Å². The summed E-state index contributed by atoms with van der Waals surface area (Å²) in [6.07, 6.45) is 5.14. The van der Waals surface area contributed by atoms with Crippen LogP contribution in [-0.2, 0) is 0 Å². The molecule has 0 amide bonds. The first-order valence-corrected chi connectivity index (χ1v) is 6.91. The first kappa shape index (κ1) is 12.9. The second-order valence-corrected chi connectivity index (χ2v) is 4.83. The molecule has 0 radical (unpaired) electrons. The van der Waals surface area contributed by atoms with Crippen LogP contribution in [0.5, 0.6) is 0 Å². The summed E-state index contributed by atoms with van der Waals surface area (Å²) in [5.41, 5.74) is 2.29. The van der Waals surface area contributed by atoms with Gasteiger partial charge in [-0.15, -0.1) is 0 Å². The number of nitrogens with one attached hydrogen (secondary N) is 1. The van der Waals surface area contributed by atoms with E-state index in [4.69, 9.17) is 0 Å². The lowest BCUT2D eigenvalue weighted by Crippen LogP contribution is -2.05. The molecule has 0 aliphatic rings. The summed E-state index contributed by atoms with van der Waals surface area (Å²) in [5, 5.41) is 4.67. The Morgan fingerprint density at radius 3 is 2.78 bits per heavy atom. The highest BCUT2D eigenvalue weighted by atomic mass is 15.0. The van der Waals surface area contributed by atoms with Gasteiger partial charge < -0.3 is 5.32 Å². The van der Waals surface area contributed by atoms with E-state index >= 15 is 0 Å². The molecule has 0 bridgehead atoms. The zero-order chi connectivity index (χ0) is 12.8. The Labute approximate surface area is 109 Å². The van der Waals surface area contributed by atoms with Gasteiger partial charge in [0.15, 0.2) is 0 Å². The minimum atomic E-state index is 1.02. The smallest absolute Gasteiger partial charge is 0.129 e. The van der Waals surface area contributed by atoms with Crippen LogP contribution in [0.2, 0.25) is 0 Å². The van der Waals surface area contributed by atoms with Crippen molar-refractivity contribution in [2.75, 3.05) is 11.9 Å². The van der Waals surface area contributed by atoms with Crippen molar-refractivity contribution >= 4 is 16.7 Å². The molecule has 1 N–H and O–H groups in total. The highest BCUT2D eigenvalue weighted by molar-refractivity contribution is 5.81. The van der Waals surface area contributed by atoms with Gasteiger partial charge in [0.05, 0.1) is 5.52 Å². The Hall–Kier alpha value is -1.57. The van der Waals surface area contributed by atoms with E-state index in [9.17, 15) is 0 Å². The standard InChI is InChI=1S/C16H22N2/c1-3-4-5-8-11-17-16-13(2)12-14-9-6-7-10-15(14)18-16/h6-7,9-10,12H,3-5,8,11H2,1-2H3,(H,17,18). The molecule has 1 aromatic heterocycles. The number of aromatic nitrogens is 1. The van der Waals surface area contributed by atoms with E-state index in [-0.39, 0.29) is 0 Å². The zero-order valence-electron chi connectivity index (χ0n) is 11.4. The van der Waals surface area contributed by atoms with Crippen molar-refractivity contribution in [1.29, 1.82) is 0 Å². The van der Waals surface area contributed by atoms with Crippen LogP contribution < -0.4 is 5.32 Å². The van der Waals surface area contributed by atoms with Gasteiger partial charge in [0, 0.05) is 11.9 Å². The number of aryl methyl sites for hydroxylation is 1. The number of pyridine rings is 1. The molecule has 0 aliphatic carbocycles. The van der Waals surface area contributed by atoms with Gasteiger partial charge in [-0.25, -0.2) is 4.98 Å². The molecule has 18 heavy (non-hydrogen) atoms. The molecule has 2 heteroatoms. The quantitative estimate of drug-likeness (QED) is 0.752. The van der Waals surface area contributed by atoms with E-state index in [0.717, 1.165) is 17.9 Å². The van der Waals surface area contributed by atoms with Crippen LogP contribution in [0, 0.1) is 6.92 Å². The molecular weight excluding hydrogens is 220 g/mol. The number of hydrogen-bond donors (Lipinski definition) is 1. The maximum absolute atomic E-state index is 4.68. The molecule has 2 aromatic rings. The molecule has 0 aliphatic heterocycles. The van der Waals surface area contributed by atoms with Crippen molar-refractivity contribution in [3.8, 4) is 0 Å². The fourth-order valence-corrected chi connectivity index (χ4v) is 2.16. The number of benzene rings is 1. The Bertz CT molecular complexity index is 505. The molecule has 1 aromatic carbocycles. The summed E-state index contributed by atoms with van der Waals surface area (Å²) in [6.45, 7) is 5.38. The molecule has 0 atom stereocenters. The lowest BCUT2D eigenvalue weighted by Gasteiger charge is -2.09. The van der Waals surface area contributed by atoms with Crippen molar-refractivity contribution < 1.29 is 0 Å². The number of hydrogen-bond acceptors (Lipinski definition) is 2. The van der Waals surface area contributed by atoms with Crippen molar-refractivity contribution in [1.82, 2.24) is 4.98 Å². The van der Waals surface area contributed by atoms with Crippen molar-refractivity contribution in [2.45, 2.75) is 39.5 Å². The topological polar surface area (TPSA) is 24.9 Å². The van der Waals surface area contributed by atoms with Crippen molar-refractivity contribution in [3.05, 3.63) is 35.9 Å². The van der Waals surface area contributed by atoms with E-state index in [1.165, 1.54) is 36.6 Å². The number of para-hydroxylation sites is 1. The average molecular weight is 242 g/mol. The van der Waals surface area contributed by atoms with Crippen LogP contribution in [0.1, 0.15) is 38.2 Å². The maximum Gasteiger partial charge on any atom is 0.129 e. The summed E-state index contributed by atoms with van der Waals surface area (Å²) in [6, 6.07) is 10.5. The Kier molecular flexibility index (Phi) is 4.57. The molecule has 2 rings (SSSR count). The fraction of sp³-hybridized carbons (Fsp3) is 0.438.